The predicted molar refractivity (Wildman–Crippen MR) is 53.9 cm³/mol. The highest BCUT2D eigenvalue weighted by Gasteiger charge is 2.10. The number of aromatic carboxylic acids is 1. The first-order chi connectivity index (χ1) is 6.27. The van der Waals surface area contributed by atoms with E-state index in [0.29, 0.717) is 5.01 Å². The van der Waals surface area contributed by atoms with Crippen LogP contribution in [-0.4, -0.2) is 26.0 Å². The van der Waals surface area contributed by atoms with Gasteiger partial charge in [0.2, 0.25) is 0 Å². The van der Waals surface area contributed by atoms with E-state index in [1.807, 2.05) is 0 Å². The van der Waals surface area contributed by atoms with Crippen molar-refractivity contribution in [1.82, 2.24) is 15.0 Å². The SMILES string of the molecule is Cl.O=C(O)c1csc(-c2cnc[nH]2)n1. The van der Waals surface area contributed by atoms with Crippen LogP contribution >= 0.6 is 23.7 Å². The number of hydrogen-bond acceptors (Lipinski definition) is 4. The summed E-state index contributed by atoms with van der Waals surface area (Å²) < 4.78 is 0. The topological polar surface area (TPSA) is 78.9 Å². The van der Waals surface area contributed by atoms with Crippen molar-refractivity contribution in [2.45, 2.75) is 0 Å². The monoisotopic (exact) mass is 231 g/mol. The number of thiazole rings is 1. The molecule has 0 aliphatic carbocycles. The van der Waals surface area contributed by atoms with Gasteiger partial charge < -0.3 is 10.1 Å². The van der Waals surface area contributed by atoms with Gasteiger partial charge in [0.15, 0.2) is 5.69 Å². The molecule has 0 spiro atoms. The quantitative estimate of drug-likeness (QED) is 0.824. The lowest BCUT2D eigenvalue weighted by Crippen LogP contribution is -1.95. The van der Waals surface area contributed by atoms with Crippen LogP contribution in [-0.2, 0) is 0 Å². The Labute approximate surface area is 89.3 Å². The molecule has 0 unspecified atom stereocenters. The number of carboxylic acids is 1. The molecule has 0 radical (unpaired) electrons. The molecular weight excluding hydrogens is 226 g/mol. The van der Waals surface area contributed by atoms with Crippen LogP contribution in [0, 0.1) is 0 Å². The second-order valence-electron chi connectivity index (χ2n) is 2.31. The molecule has 2 aromatic heterocycles. The number of nitrogens with zero attached hydrogens (tertiary/aromatic N) is 2. The van der Waals surface area contributed by atoms with Crippen molar-refractivity contribution in [3.8, 4) is 10.7 Å². The zero-order valence-corrected chi connectivity index (χ0v) is 8.43. The van der Waals surface area contributed by atoms with Crippen molar-refractivity contribution < 1.29 is 9.90 Å². The van der Waals surface area contributed by atoms with E-state index in [1.165, 1.54) is 23.0 Å². The summed E-state index contributed by atoms with van der Waals surface area (Å²) >= 11 is 1.27. The van der Waals surface area contributed by atoms with Crippen LogP contribution < -0.4 is 0 Å². The zero-order valence-electron chi connectivity index (χ0n) is 6.80. The molecule has 7 heteroatoms. The van der Waals surface area contributed by atoms with Crippen LogP contribution in [0.5, 0.6) is 0 Å². The van der Waals surface area contributed by atoms with E-state index < -0.39 is 5.97 Å². The Bertz CT molecular complexity index is 426. The van der Waals surface area contributed by atoms with Crippen molar-refractivity contribution >= 4 is 29.7 Å². The van der Waals surface area contributed by atoms with Crippen molar-refractivity contribution in [2.75, 3.05) is 0 Å². The van der Waals surface area contributed by atoms with Gasteiger partial charge in [-0.15, -0.1) is 23.7 Å². The first-order valence-electron chi connectivity index (χ1n) is 3.45. The van der Waals surface area contributed by atoms with Gasteiger partial charge in [0.25, 0.3) is 0 Å². The summed E-state index contributed by atoms with van der Waals surface area (Å²) in [4.78, 5) is 21.1. The van der Waals surface area contributed by atoms with Crippen LogP contribution in [0.25, 0.3) is 10.7 Å². The highest BCUT2D eigenvalue weighted by Crippen LogP contribution is 2.20. The molecule has 0 atom stereocenters. The molecule has 0 saturated carbocycles. The first kappa shape index (κ1) is 10.7. The summed E-state index contributed by atoms with van der Waals surface area (Å²) in [6.07, 6.45) is 3.13. The van der Waals surface area contributed by atoms with Crippen molar-refractivity contribution in [3.63, 3.8) is 0 Å². The second-order valence-corrected chi connectivity index (χ2v) is 3.17. The molecule has 2 rings (SSSR count). The Morgan fingerprint density at radius 2 is 2.36 bits per heavy atom. The van der Waals surface area contributed by atoms with E-state index in [9.17, 15) is 4.79 Å². The van der Waals surface area contributed by atoms with Gasteiger partial charge in [-0.2, -0.15) is 0 Å². The van der Waals surface area contributed by atoms with Gasteiger partial charge in [-0.1, -0.05) is 0 Å². The zero-order chi connectivity index (χ0) is 9.26. The van der Waals surface area contributed by atoms with Gasteiger partial charge in [-0.05, 0) is 0 Å². The van der Waals surface area contributed by atoms with Gasteiger partial charge in [0.05, 0.1) is 18.2 Å². The van der Waals surface area contributed by atoms with Gasteiger partial charge in [0, 0.05) is 5.38 Å². The van der Waals surface area contributed by atoms with Crippen LogP contribution in [0.15, 0.2) is 17.9 Å². The summed E-state index contributed by atoms with van der Waals surface area (Å²) in [5.74, 6) is -1.01. The fourth-order valence-corrected chi connectivity index (χ4v) is 1.63. The number of imidazole rings is 1. The molecule has 2 N–H and O–H groups in total. The minimum Gasteiger partial charge on any atom is -0.476 e. The van der Waals surface area contributed by atoms with E-state index in [0.717, 1.165) is 5.69 Å². The molecule has 2 aromatic rings. The fourth-order valence-electron chi connectivity index (χ4n) is 0.869. The van der Waals surface area contributed by atoms with E-state index >= 15 is 0 Å². The van der Waals surface area contributed by atoms with E-state index in [4.69, 9.17) is 5.11 Å². The molecule has 14 heavy (non-hydrogen) atoms. The Morgan fingerprint density at radius 3 is 2.86 bits per heavy atom. The third-order valence-electron chi connectivity index (χ3n) is 1.45. The maximum absolute atomic E-state index is 10.5. The summed E-state index contributed by atoms with van der Waals surface area (Å²) in [7, 11) is 0. The maximum Gasteiger partial charge on any atom is 0.355 e. The van der Waals surface area contributed by atoms with Gasteiger partial charge >= 0.3 is 5.97 Å². The summed E-state index contributed by atoms with van der Waals surface area (Å²) in [5, 5.41) is 10.7. The number of carbonyl (C=O) groups is 1. The van der Waals surface area contributed by atoms with Gasteiger partial charge in [0.1, 0.15) is 5.01 Å². The van der Waals surface area contributed by atoms with E-state index in [1.54, 1.807) is 6.20 Å². The smallest absolute Gasteiger partial charge is 0.355 e. The summed E-state index contributed by atoms with van der Waals surface area (Å²) in [6.45, 7) is 0. The summed E-state index contributed by atoms with van der Waals surface area (Å²) in [6, 6.07) is 0. The third kappa shape index (κ3) is 1.91. The highest BCUT2D eigenvalue weighted by atomic mass is 35.5. The number of halogens is 1. The van der Waals surface area contributed by atoms with Crippen LogP contribution in [0.3, 0.4) is 0 Å². The largest absolute Gasteiger partial charge is 0.476 e. The minimum atomic E-state index is -1.01. The Hall–Kier alpha value is -1.40. The van der Waals surface area contributed by atoms with Crippen molar-refractivity contribution in [3.05, 3.63) is 23.6 Å². The molecule has 0 aliphatic heterocycles. The summed E-state index contributed by atoms with van der Waals surface area (Å²) in [5.41, 5.74) is 0.798. The van der Waals surface area contributed by atoms with Crippen LogP contribution in [0.4, 0.5) is 0 Å². The predicted octanol–water partition coefficient (Wildman–Crippen LogP) is 1.65. The molecule has 0 aromatic carbocycles. The van der Waals surface area contributed by atoms with Crippen molar-refractivity contribution in [1.29, 1.82) is 0 Å². The number of hydrogen-bond donors (Lipinski definition) is 2. The molecule has 74 valence electrons. The molecule has 0 amide bonds. The lowest BCUT2D eigenvalue weighted by atomic mass is 10.5. The standard InChI is InChI=1S/C7H5N3O2S.ClH/c11-7(12)5-2-13-6(10-5)4-1-8-3-9-4;/h1-3H,(H,8,9)(H,11,12);1H. The molecule has 0 fully saturated rings. The Kier molecular flexibility index (Phi) is 3.21. The number of aromatic nitrogens is 3. The molecular formula is C7H6ClN3O2S. The number of carboxylic acid groups (broad SMARTS) is 1. The number of rotatable bonds is 2. The first-order valence-corrected chi connectivity index (χ1v) is 4.33. The maximum atomic E-state index is 10.5. The highest BCUT2D eigenvalue weighted by molar-refractivity contribution is 7.13. The van der Waals surface area contributed by atoms with Gasteiger partial charge in [-0.25, -0.2) is 14.8 Å². The van der Waals surface area contributed by atoms with Gasteiger partial charge in [-0.3, -0.25) is 0 Å². The van der Waals surface area contributed by atoms with E-state index in [-0.39, 0.29) is 18.1 Å². The third-order valence-corrected chi connectivity index (χ3v) is 2.33. The average Bonchev–Trinajstić information content (AvgIpc) is 2.75. The van der Waals surface area contributed by atoms with Crippen LogP contribution in [0.1, 0.15) is 10.5 Å². The normalized spacial score (nSPS) is 9.43. The lowest BCUT2D eigenvalue weighted by molar-refractivity contribution is 0.0691. The molecule has 0 aliphatic rings. The second kappa shape index (κ2) is 4.21. The number of H-pyrrole nitrogens is 1. The Balaban J connectivity index is 0.000000980. The number of nitrogens with one attached hydrogen (secondary N) is 1. The molecule has 5 nitrogen and oxygen atoms in total. The van der Waals surface area contributed by atoms with Crippen LogP contribution in [0.2, 0.25) is 0 Å². The van der Waals surface area contributed by atoms with E-state index in [2.05, 4.69) is 15.0 Å². The molecule has 0 saturated heterocycles. The average molecular weight is 232 g/mol. The molecule has 0 bridgehead atoms. The number of aromatic amines is 1. The van der Waals surface area contributed by atoms with Crippen molar-refractivity contribution in [2.24, 2.45) is 0 Å². The molecule has 2 heterocycles. The fraction of sp³-hybridized carbons (Fsp3) is 0. The Morgan fingerprint density at radius 1 is 1.57 bits per heavy atom. The minimum absolute atomic E-state index is 0. The lowest BCUT2D eigenvalue weighted by Gasteiger charge is -1.86.